The first kappa shape index (κ1) is 45.7. The van der Waals surface area contributed by atoms with Gasteiger partial charge in [0.05, 0.1) is 11.4 Å². The Labute approximate surface area is 407 Å². The van der Waals surface area contributed by atoms with Gasteiger partial charge in [0.1, 0.15) is 0 Å². The lowest BCUT2D eigenvalue weighted by molar-refractivity contribution is 0.332. The molecule has 10 rings (SSSR count). The summed E-state index contributed by atoms with van der Waals surface area (Å²) in [5, 5.41) is 1.35. The third kappa shape index (κ3) is 7.42. The van der Waals surface area contributed by atoms with Crippen LogP contribution in [0.25, 0.3) is 21.2 Å². The molecule has 1 aliphatic carbocycles. The van der Waals surface area contributed by atoms with Crippen molar-refractivity contribution in [3.63, 3.8) is 0 Å². The van der Waals surface area contributed by atoms with Gasteiger partial charge in [-0.3, -0.25) is 0 Å². The monoisotopic (exact) mass is 901 g/mol. The number of thiophene rings is 1. The van der Waals surface area contributed by atoms with Crippen LogP contribution in [0.3, 0.4) is 0 Å². The van der Waals surface area contributed by atoms with E-state index in [9.17, 15) is 0 Å². The number of anilines is 6. The molecule has 3 heterocycles. The van der Waals surface area contributed by atoms with Crippen molar-refractivity contribution in [3.05, 3.63) is 148 Å². The molecule has 7 aromatic rings. The summed E-state index contributed by atoms with van der Waals surface area (Å²) >= 11 is 2.02. The van der Waals surface area contributed by atoms with Crippen LogP contribution in [0.15, 0.2) is 109 Å². The Hall–Kier alpha value is -5.06. The average molecular weight is 901 g/mol. The summed E-state index contributed by atoms with van der Waals surface area (Å²) in [6.45, 7) is 40.6. The van der Waals surface area contributed by atoms with Crippen LogP contribution >= 0.6 is 11.3 Å². The molecule has 344 valence electrons. The van der Waals surface area contributed by atoms with Gasteiger partial charge in [0.15, 0.2) is 0 Å². The molecule has 0 unspecified atom stereocenters. The van der Waals surface area contributed by atoms with Crippen molar-refractivity contribution in [2.24, 2.45) is 0 Å². The first-order valence-electron chi connectivity index (χ1n) is 25.0. The second-order valence-electron chi connectivity index (χ2n) is 25.9. The van der Waals surface area contributed by atoms with Crippen LogP contribution in [-0.4, -0.2) is 6.71 Å². The van der Waals surface area contributed by atoms with Gasteiger partial charge in [0.25, 0.3) is 6.71 Å². The summed E-state index contributed by atoms with van der Waals surface area (Å²) in [5.74, 6) is 0. The summed E-state index contributed by atoms with van der Waals surface area (Å²) in [6.07, 6.45) is 2.34. The highest BCUT2D eigenvalue weighted by molar-refractivity contribution is 7.33. The van der Waals surface area contributed by atoms with Gasteiger partial charge in [-0.2, -0.15) is 0 Å². The van der Waals surface area contributed by atoms with E-state index in [-0.39, 0.29) is 39.2 Å². The topological polar surface area (TPSA) is 6.48 Å². The molecule has 6 aromatic carbocycles. The van der Waals surface area contributed by atoms with E-state index in [1.54, 1.807) is 0 Å². The van der Waals surface area contributed by atoms with E-state index in [0.717, 1.165) is 0 Å². The molecule has 2 aliphatic heterocycles. The van der Waals surface area contributed by atoms with Gasteiger partial charge in [-0.05, 0) is 162 Å². The summed E-state index contributed by atoms with van der Waals surface area (Å²) in [7, 11) is 0. The molecule has 0 N–H and O–H groups in total. The predicted octanol–water partition coefficient (Wildman–Crippen LogP) is 16.5. The standard InChI is InChI=1S/C63H73BN2S/c1-38-31-52-55-53(32-38)66(50-27-23-40(58(2,3)4)33-43(50)39-21-19-18-20-22-39)51-37-48-47(62(14,15)29-30-63(48,16)17)36-49(51)64(55)57-56(44-34-41(59(5,6)7)24-28-54(44)67-57)65(52)42-25-26-45(60(8,9)10)46(35-42)61(11,12)13/h18-28,31-37H,29-30H2,1-17H3. The van der Waals surface area contributed by atoms with E-state index in [2.05, 4.69) is 237 Å². The van der Waals surface area contributed by atoms with Crippen molar-refractivity contribution < 1.29 is 0 Å². The lowest BCUT2D eigenvalue weighted by Gasteiger charge is -2.47. The summed E-state index contributed by atoms with van der Waals surface area (Å²) in [4.78, 5) is 5.39. The van der Waals surface area contributed by atoms with E-state index < -0.39 is 0 Å². The molecule has 0 bridgehead atoms. The second-order valence-corrected chi connectivity index (χ2v) is 27.0. The SMILES string of the molecule is Cc1cc2c3c(c1)N(c1ccc(C(C)(C)C)c(C(C)(C)C)c1)c1c(sc4ccc(C(C)(C)C)cc14)B3c1cc3c(cc1N2c1ccc(C(C)(C)C)cc1-c1ccccc1)C(C)(C)CCC3(C)C. The van der Waals surface area contributed by atoms with Crippen LogP contribution in [-0.2, 0) is 32.5 Å². The Kier molecular flexibility index (Phi) is 10.2. The molecule has 67 heavy (non-hydrogen) atoms. The minimum absolute atomic E-state index is 0.00315. The van der Waals surface area contributed by atoms with Crippen molar-refractivity contribution in [1.82, 2.24) is 0 Å². The number of benzene rings is 6. The van der Waals surface area contributed by atoms with Crippen molar-refractivity contribution in [1.29, 1.82) is 0 Å². The maximum atomic E-state index is 2.70. The predicted molar refractivity (Wildman–Crippen MR) is 296 cm³/mol. The maximum absolute atomic E-state index is 2.70. The Morgan fingerprint density at radius 1 is 0.522 bits per heavy atom. The third-order valence-corrected chi connectivity index (χ3v) is 16.9. The normalized spacial score (nSPS) is 16.5. The number of hydrogen-bond donors (Lipinski definition) is 0. The Bertz CT molecular complexity index is 3130. The zero-order valence-electron chi connectivity index (χ0n) is 43.7. The first-order chi connectivity index (χ1) is 31.1. The maximum Gasteiger partial charge on any atom is 0.264 e. The van der Waals surface area contributed by atoms with Crippen molar-refractivity contribution in [2.45, 2.75) is 163 Å². The lowest BCUT2D eigenvalue weighted by Crippen LogP contribution is -2.61. The Morgan fingerprint density at radius 2 is 1.10 bits per heavy atom. The van der Waals surface area contributed by atoms with Gasteiger partial charge < -0.3 is 9.80 Å². The lowest BCUT2D eigenvalue weighted by atomic mass is 9.35. The molecule has 0 amide bonds. The van der Waals surface area contributed by atoms with Gasteiger partial charge in [-0.1, -0.05) is 165 Å². The molecular weight excluding hydrogens is 828 g/mol. The van der Waals surface area contributed by atoms with Crippen LogP contribution in [0.4, 0.5) is 34.1 Å². The summed E-state index contributed by atoms with van der Waals surface area (Å²) in [5.41, 5.74) is 22.9. The van der Waals surface area contributed by atoms with Crippen LogP contribution in [0.2, 0.25) is 0 Å². The van der Waals surface area contributed by atoms with Crippen molar-refractivity contribution in [2.75, 3.05) is 9.80 Å². The quantitative estimate of drug-likeness (QED) is 0.163. The number of hydrogen-bond acceptors (Lipinski definition) is 3. The van der Waals surface area contributed by atoms with E-state index in [0.29, 0.717) is 0 Å². The fourth-order valence-electron chi connectivity index (χ4n) is 11.7. The van der Waals surface area contributed by atoms with Crippen LogP contribution in [0.5, 0.6) is 0 Å². The molecule has 0 saturated heterocycles. The third-order valence-electron chi connectivity index (χ3n) is 15.7. The van der Waals surface area contributed by atoms with Gasteiger partial charge in [-0.15, -0.1) is 11.3 Å². The zero-order chi connectivity index (χ0) is 48.1. The smallest absolute Gasteiger partial charge is 0.264 e. The van der Waals surface area contributed by atoms with E-state index in [1.165, 1.54) is 123 Å². The highest BCUT2D eigenvalue weighted by Crippen LogP contribution is 2.54. The molecule has 0 fully saturated rings. The molecule has 1 aromatic heterocycles. The number of fused-ring (bicyclic) bond motifs is 7. The molecule has 4 heteroatoms. The molecule has 0 spiro atoms. The largest absolute Gasteiger partial charge is 0.311 e. The number of nitrogens with zero attached hydrogens (tertiary/aromatic N) is 2. The van der Waals surface area contributed by atoms with Crippen molar-refractivity contribution >= 4 is 78.0 Å². The van der Waals surface area contributed by atoms with E-state index >= 15 is 0 Å². The van der Waals surface area contributed by atoms with E-state index in [4.69, 9.17) is 0 Å². The second kappa shape index (κ2) is 15.0. The van der Waals surface area contributed by atoms with Crippen LogP contribution in [0, 0.1) is 6.92 Å². The Balaban J connectivity index is 1.37. The van der Waals surface area contributed by atoms with Crippen LogP contribution < -0.4 is 25.5 Å². The van der Waals surface area contributed by atoms with E-state index in [1.807, 2.05) is 11.3 Å². The van der Waals surface area contributed by atoms with Gasteiger partial charge in [0.2, 0.25) is 0 Å². The summed E-state index contributed by atoms with van der Waals surface area (Å²) < 4.78 is 2.79. The Morgan fingerprint density at radius 3 is 1.72 bits per heavy atom. The van der Waals surface area contributed by atoms with Gasteiger partial charge >= 0.3 is 0 Å². The molecule has 3 aliphatic rings. The molecule has 0 radical (unpaired) electrons. The highest BCUT2D eigenvalue weighted by Gasteiger charge is 2.48. The van der Waals surface area contributed by atoms with Crippen molar-refractivity contribution in [3.8, 4) is 11.1 Å². The fraction of sp³-hybridized carbons (Fsp3) is 0.397. The number of rotatable bonds is 3. The van der Waals surface area contributed by atoms with Gasteiger partial charge in [0, 0.05) is 43.2 Å². The summed E-state index contributed by atoms with van der Waals surface area (Å²) in [6, 6.07) is 43.6. The van der Waals surface area contributed by atoms with Gasteiger partial charge in [-0.25, -0.2) is 0 Å². The van der Waals surface area contributed by atoms with Crippen LogP contribution in [0.1, 0.15) is 163 Å². The minimum atomic E-state index is -0.0512. The first-order valence-corrected chi connectivity index (χ1v) is 25.8. The zero-order valence-corrected chi connectivity index (χ0v) is 44.5. The molecule has 0 atom stereocenters. The average Bonchev–Trinajstić information content (AvgIpc) is 3.62. The number of aryl methyl sites for hydroxylation is 1. The highest BCUT2D eigenvalue weighted by atomic mass is 32.1. The molecular formula is C63H73BN2S. The minimum Gasteiger partial charge on any atom is -0.311 e. The molecule has 0 saturated carbocycles. The fourth-order valence-corrected chi connectivity index (χ4v) is 13.0. The molecule has 2 nitrogen and oxygen atoms in total.